The third-order valence-corrected chi connectivity index (χ3v) is 5.73. The predicted octanol–water partition coefficient (Wildman–Crippen LogP) is 3.96. The van der Waals surface area contributed by atoms with Crippen molar-refractivity contribution in [1.29, 1.82) is 0 Å². The van der Waals surface area contributed by atoms with Gasteiger partial charge in [0.15, 0.2) is 11.5 Å². The zero-order valence-corrected chi connectivity index (χ0v) is 18.2. The maximum Gasteiger partial charge on any atom is 0.227 e. The maximum atomic E-state index is 13.2. The normalized spacial score (nSPS) is 15.7. The Balaban J connectivity index is 1.53. The fourth-order valence-electron chi connectivity index (χ4n) is 4.04. The van der Waals surface area contributed by atoms with Gasteiger partial charge in [-0.25, -0.2) is 0 Å². The van der Waals surface area contributed by atoms with Gasteiger partial charge in [0.25, 0.3) is 0 Å². The highest BCUT2D eigenvalue weighted by molar-refractivity contribution is 6.00. The number of carbonyl (C=O) groups is 2. The van der Waals surface area contributed by atoms with Gasteiger partial charge in [0.1, 0.15) is 0 Å². The van der Waals surface area contributed by atoms with Gasteiger partial charge >= 0.3 is 0 Å². The fourth-order valence-corrected chi connectivity index (χ4v) is 4.04. The van der Waals surface area contributed by atoms with Crippen LogP contribution in [0.4, 0.5) is 5.69 Å². The van der Waals surface area contributed by atoms with Crippen LogP contribution >= 0.6 is 0 Å². The van der Waals surface area contributed by atoms with Gasteiger partial charge in [-0.1, -0.05) is 60.7 Å². The summed E-state index contributed by atoms with van der Waals surface area (Å²) < 4.78 is 10.6. The second-order valence-electron chi connectivity index (χ2n) is 7.71. The average molecular weight is 431 g/mol. The van der Waals surface area contributed by atoms with Gasteiger partial charge in [-0.3, -0.25) is 9.59 Å². The molecular formula is C26H26N2O4. The number of benzene rings is 3. The van der Waals surface area contributed by atoms with Crippen molar-refractivity contribution in [3.05, 3.63) is 90.0 Å². The molecule has 6 nitrogen and oxygen atoms in total. The minimum Gasteiger partial charge on any atom is -0.493 e. The predicted molar refractivity (Wildman–Crippen MR) is 123 cm³/mol. The summed E-state index contributed by atoms with van der Waals surface area (Å²) in [4.78, 5) is 27.6. The Kier molecular flexibility index (Phi) is 6.40. The van der Waals surface area contributed by atoms with Crippen molar-refractivity contribution in [2.24, 2.45) is 5.92 Å². The number of anilines is 1. The minimum atomic E-state index is -0.439. The second kappa shape index (κ2) is 9.56. The van der Waals surface area contributed by atoms with Gasteiger partial charge in [0, 0.05) is 24.7 Å². The highest BCUT2D eigenvalue weighted by Crippen LogP contribution is 2.34. The van der Waals surface area contributed by atoms with Gasteiger partial charge in [-0.2, -0.15) is 0 Å². The van der Waals surface area contributed by atoms with Crippen molar-refractivity contribution in [2.45, 2.75) is 12.5 Å². The van der Waals surface area contributed by atoms with Crippen LogP contribution in [0.15, 0.2) is 78.9 Å². The first-order valence-electron chi connectivity index (χ1n) is 10.5. The van der Waals surface area contributed by atoms with E-state index in [9.17, 15) is 9.59 Å². The molecule has 3 aromatic rings. The maximum absolute atomic E-state index is 13.2. The van der Waals surface area contributed by atoms with Gasteiger partial charge in [0.05, 0.1) is 26.2 Å². The highest BCUT2D eigenvalue weighted by atomic mass is 16.5. The standard InChI is InChI=1S/C26H26N2O4/c1-31-22-14-13-21(16-23(22)32-2)28-17-20(15-24(28)29)26(30)27-25(18-9-5-3-6-10-18)19-11-7-4-8-12-19/h3-14,16,20,25H,15,17H2,1-2H3,(H,27,30). The molecule has 1 aliphatic rings. The van der Waals surface area contributed by atoms with Crippen molar-refractivity contribution < 1.29 is 19.1 Å². The molecular weight excluding hydrogens is 404 g/mol. The van der Waals surface area contributed by atoms with Crippen molar-refractivity contribution in [1.82, 2.24) is 5.32 Å². The summed E-state index contributed by atoms with van der Waals surface area (Å²) in [5.41, 5.74) is 2.67. The summed E-state index contributed by atoms with van der Waals surface area (Å²) in [6, 6.07) is 24.7. The average Bonchev–Trinajstić information content (AvgIpc) is 3.24. The lowest BCUT2D eigenvalue weighted by atomic mass is 9.97. The molecule has 0 aromatic heterocycles. The summed E-state index contributed by atoms with van der Waals surface area (Å²) in [5, 5.41) is 3.16. The molecule has 6 heteroatoms. The number of nitrogens with zero attached hydrogens (tertiary/aromatic N) is 1. The van der Waals surface area contributed by atoms with Crippen LogP contribution in [0.25, 0.3) is 0 Å². The number of amides is 2. The number of ether oxygens (including phenoxy) is 2. The van der Waals surface area contributed by atoms with Crippen LogP contribution < -0.4 is 19.7 Å². The second-order valence-corrected chi connectivity index (χ2v) is 7.71. The van der Waals surface area contributed by atoms with Crippen LogP contribution in [-0.2, 0) is 9.59 Å². The highest BCUT2D eigenvalue weighted by Gasteiger charge is 2.36. The molecule has 0 radical (unpaired) electrons. The molecule has 32 heavy (non-hydrogen) atoms. The minimum absolute atomic E-state index is 0.0895. The molecule has 2 amide bonds. The topological polar surface area (TPSA) is 67.9 Å². The smallest absolute Gasteiger partial charge is 0.227 e. The molecule has 1 aliphatic heterocycles. The quantitative estimate of drug-likeness (QED) is 0.616. The zero-order valence-electron chi connectivity index (χ0n) is 18.2. The van der Waals surface area contributed by atoms with Crippen molar-refractivity contribution in [3.63, 3.8) is 0 Å². The Bertz CT molecular complexity index is 1050. The van der Waals surface area contributed by atoms with Crippen LogP contribution in [0.3, 0.4) is 0 Å². The lowest BCUT2D eigenvalue weighted by Gasteiger charge is -2.22. The molecule has 0 bridgehead atoms. The molecule has 3 aromatic carbocycles. The number of carbonyl (C=O) groups excluding carboxylic acids is 2. The number of methoxy groups -OCH3 is 2. The summed E-state index contributed by atoms with van der Waals surface area (Å²) in [5.74, 6) is 0.461. The van der Waals surface area contributed by atoms with E-state index in [4.69, 9.17) is 9.47 Å². The first-order valence-corrected chi connectivity index (χ1v) is 10.5. The van der Waals surface area contributed by atoms with E-state index in [-0.39, 0.29) is 24.3 Å². The Labute approximate surface area is 187 Å². The summed E-state index contributed by atoms with van der Waals surface area (Å²) >= 11 is 0. The van der Waals surface area contributed by atoms with E-state index in [0.29, 0.717) is 23.7 Å². The van der Waals surface area contributed by atoms with E-state index in [1.165, 1.54) is 0 Å². The molecule has 4 rings (SSSR count). The fraction of sp³-hybridized carbons (Fsp3) is 0.231. The van der Waals surface area contributed by atoms with Crippen molar-refractivity contribution in [3.8, 4) is 11.5 Å². The number of hydrogen-bond donors (Lipinski definition) is 1. The Morgan fingerprint density at radius 1 is 0.906 bits per heavy atom. The Morgan fingerprint density at radius 3 is 2.06 bits per heavy atom. The number of nitrogens with one attached hydrogen (secondary N) is 1. The zero-order chi connectivity index (χ0) is 22.5. The van der Waals surface area contributed by atoms with Crippen molar-refractivity contribution in [2.75, 3.05) is 25.7 Å². The molecule has 0 aliphatic carbocycles. The first kappa shape index (κ1) is 21.4. The van der Waals surface area contributed by atoms with Crippen molar-refractivity contribution >= 4 is 17.5 Å². The van der Waals surface area contributed by atoms with E-state index >= 15 is 0 Å². The molecule has 164 valence electrons. The van der Waals surface area contributed by atoms with Gasteiger partial charge in [-0.15, -0.1) is 0 Å². The molecule has 1 N–H and O–H groups in total. The van der Waals surface area contributed by atoms with Crippen LogP contribution in [0.1, 0.15) is 23.6 Å². The molecule has 0 spiro atoms. The van der Waals surface area contributed by atoms with Crippen LogP contribution in [0.5, 0.6) is 11.5 Å². The lowest BCUT2D eigenvalue weighted by molar-refractivity contribution is -0.126. The first-order chi connectivity index (χ1) is 15.6. The van der Waals surface area contributed by atoms with Crippen LogP contribution in [-0.4, -0.2) is 32.6 Å². The molecule has 1 heterocycles. The van der Waals surface area contributed by atoms with Gasteiger partial charge < -0.3 is 19.7 Å². The molecule has 0 saturated carbocycles. The summed E-state index contributed by atoms with van der Waals surface area (Å²) in [7, 11) is 3.12. The Hall–Kier alpha value is -3.80. The Morgan fingerprint density at radius 2 is 1.50 bits per heavy atom. The molecule has 1 fully saturated rings. The van der Waals surface area contributed by atoms with E-state index in [0.717, 1.165) is 11.1 Å². The third kappa shape index (κ3) is 4.44. The number of rotatable bonds is 7. The summed E-state index contributed by atoms with van der Waals surface area (Å²) in [6.45, 7) is 0.316. The van der Waals surface area contributed by atoms with Crippen LogP contribution in [0, 0.1) is 5.92 Å². The molecule has 1 saturated heterocycles. The molecule has 1 atom stereocenters. The summed E-state index contributed by atoms with van der Waals surface area (Å²) in [6.07, 6.45) is 0.163. The van der Waals surface area contributed by atoms with Crippen LogP contribution in [0.2, 0.25) is 0 Å². The van der Waals surface area contributed by atoms with Gasteiger partial charge in [0.2, 0.25) is 11.8 Å². The monoisotopic (exact) mass is 430 g/mol. The molecule has 1 unspecified atom stereocenters. The van der Waals surface area contributed by atoms with E-state index in [1.807, 2.05) is 60.7 Å². The van der Waals surface area contributed by atoms with Gasteiger partial charge in [-0.05, 0) is 23.3 Å². The third-order valence-electron chi connectivity index (χ3n) is 5.73. The van der Waals surface area contributed by atoms with E-state index in [1.54, 1.807) is 37.3 Å². The lowest BCUT2D eigenvalue weighted by Crippen LogP contribution is -2.36. The van der Waals surface area contributed by atoms with E-state index < -0.39 is 5.92 Å². The number of hydrogen-bond acceptors (Lipinski definition) is 4. The van der Waals surface area contributed by atoms with E-state index in [2.05, 4.69) is 5.32 Å². The SMILES string of the molecule is COc1ccc(N2CC(C(=O)NC(c3ccccc3)c3ccccc3)CC2=O)cc1OC. The largest absolute Gasteiger partial charge is 0.493 e.